The quantitative estimate of drug-likeness (QED) is 0.417. The van der Waals surface area contributed by atoms with Gasteiger partial charge in [-0.25, -0.2) is 9.78 Å². The molecule has 5 aromatic rings. The maximum atomic E-state index is 12.8. The first kappa shape index (κ1) is 18.9. The van der Waals surface area contributed by atoms with E-state index in [0.717, 1.165) is 22.2 Å². The zero-order valence-electron chi connectivity index (χ0n) is 17.1. The van der Waals surface area contributed by atoms with Crippen LogP contribution in [-0.4, -0.2) is 14.1 Å². The molecule has 0 radical (unpaired) electrons. The van der Waals surface area contributed by atoms with Gasteiger partial charge in [-0.3, -0.25) is 9.13 Å². The van der Waals surface area contributed by atoms with Gasteiger partial charge in [0.05, 0.1) is 22.9 Å². The molecule has 0 aliphatic carbocycles. The normalized spacial score (nSPS) is 11.2. The Labute approximate surface area is 179 Å². The molecule has 0 saturated heterocycles. The number of benzene rings is 3. The Morgan fingerprint density at radius 1 is 0.742 bits per heavy atom. The number of nitrogens with zero attached hydrogens (tertiary/aromatic N) is 3. The lowest BCUT2D eigenvalue weighted by Crippen LogP contribution is -2.21. The second-order valence-electron chi connectivity index (χ2n) is 7.34. The second kappa shape index (κ2) is 7.95. The predicted octanol–water partition coefficient (Wildman–Crippen LogP) is 4.89. The summed E-state index contributed by atoms with van der Waals surface area (Å²) in [6.07, 6.45) is 1.40. The molecule has 0 aliphatic heterocycles. The Bertz CT molecular complexity index is 1330. The summed E-state index contributed by atoms with van der Waals surface area (Å²) in [5, 5.41) is 0. The van der Waals surface area contributed by atoms with Gasteiger partial charge in [0.15, 0.2) is 6.10 Å². The number of pyridine rings is 1. The molecule has 5 nitrogen and oxygen atoms in total. The minimum Gasteiger partial charge on any atom is -0.465 e. The molecule has 3 aromatic carbocycles. The summed E-state index contributed by atoms with van der Waals surface area (Å²) in [6, 6.07) is 31.5. The average Bonchev–Trinajstić information content (AvgIpc) is 3.09. The van der Waals surface area contributed by atoms with E-state index in [1.807, 2.05) is 97.1 Å². The summed E-state index contributed by atoms with van der Waals surface area (Å²) < 4.78 is 9.60. The molecule has 0 amide bonds. The molecule has 0 bridgehead atoms. The molecule has 0 unspecified atom stereocenters. The van der Waals surface area contributed by atoms with Crippen molar-refractivity contribution in [2.45, 2.75) is 6.10 Å². The number of aromatic nitrogens is 3. The van der Waals surface area contributed by atoms with Gasteiger partial charge in [0, 0.05) is 13.1 Å². The van der Waals surface area contributed by atoms with Gasteiger partial charge in [-0.1, -0.05) is 72.8 Å². The Hall–Kier alpha value is -4.12. The van der Waals surface area contributed by atoms with Crippen molar-refractivity contribution in [3.05, 3.63) is 125 Å². The fourth-order valence-electron chi connectivity index (χ4n) is 3.82. The molecular formula is C26H21N3O2. The van der Waals surface area contributed by atoms with E-state index in [-0.39, 0.29) is 11.8 Å². The maximum Gasteiger partial charge on any atom is 0.333 e. The third-order valence-electron chi connectivity index (χ3n) is 5.38. The van der Waals surface area contributed by atoms with Crippen LogP contribution in [0.2, 0.25) is 0 Å². The minimum absolute atomic E-state index is 0.108. The monoisotopic (exact) mass is 407 g/mol. The standard InChI is InChI=1S/C26H21N3O2/c1-28-22-14-8-9-15-23(22)29(26(28)30)21-16-17-24(27-18-21)31-25(19-10-4-2-5-11-19)20-12-6-3-7-13-20/h2-18,25H,1H3. The molecule has 5 heteroatoms. The fourth-order valence-corrected chi connectivity index (χ4v) is 3.82. The number of rotatable bonds is 5. The highest BCUT2D eigenvalue weighted by molar-refractivity contribution is 5.77. The van der Waals surface area contributed by atoms with Gasteiger partial charge in [0.25, 0.3) is 0 Å². The second-order valence-corrected chi connectivity index (χ2v) is 7.34. The molecule has 31 heavy (non-hydrogen) atoms. The predicted molar refractivity (Wildman–Crippen MR) is 122 cm³/mol. The third kappa shape index (κ3) is 3.51. The van der Waals surface area contributed by atoms with Gasteiger partial charge in [-0.05, 0) is 29.3 Å². The minimum atomic E-state index is -0.277. The van der Waals surface area contributed by atoms with Crippen LogP contribution < -0.4 is 10.4 Å². The highest BCUT2D eigenvalue weighted by atomic mass is 16.5. The van der Waals surface area contributed by atoms with Crippen LogP contribution in [0.3, 0.4) is 0 Å². The molecular weight excluding hydrogens is 386 g/mol. The smallest absolute Gasteiger partial charge is 0.333 e. The van der Waals surface area contributed by atoms with Crippen LogP contribution in [0.5, 0.6) is 5.88 Å². The largest absolute Gasteiger partial charge is 0.465 e. The van der Waals surface area contributed by atoms with E-state index in [1.165, 1.54) is 0 Å². The number of fused-ring (bicyclic) bond motifs is 1. The van der Waals surface area contributed by atoms with E-state index in [2.05, 4.69) is 4.98 Å². The topological polar surface area (TPSA) is 49.0 Å². The third-order valence-corrected chi connectivity index (χ3v) is 5.38. The highest BCUT2D eigenvalue weighted by Gasteiger charge is 2.17. The van der Waals surface area contributed by atoms with Gasteiger partial charge < -0.3 is 4.74 Å². The van der Waals surface area contributed by atoms with Gasteiger partial charge in [-0.2, -0.15) is 0 Å². The highest BCUT2D eigenvalue weighted by Crippen LogP contribution is 2.28. The summed E-state index contributed by atoms with van der Waals surface area (Å²) in [5.74, 6) is 0.495. The summed E-state index contributed by atoms with van der Waals surface area (Å²) in [6.45, 7) is 0. The molecule has 0 aliphatic rings. The number of aryl methyl sites for hydroxylation is 1. The van der Waals surface area contributed by atoms with Crippen molar-refractivity contribution in [1.29, 1.82) is 0 Å². The fraction of sp³-hybridized carbons (Fsp3) is 0.0769. The van der Waals surface area contributed by atoms with Crippen molar-refractivity contribution >= 4 is 11.0 Å². The molecule has 0 saturated carbocycles. The average molecular weight is 407 g/mol. The molecule has 0 N–H and O–H groups in total. The number of hydrogen-bond acceptors (Lipinski definition) is 3. The van der Waals surface area contributed by atoms with Crippen LogP contribution >= 0.6 is 0 Å². The van der Waals surface area contributed by atoms with Crippen LogP contribution in [0.15, 0.2) is 108 Å². The molecule has 152 valence electrons. The van der Waals surface area contributed by atoms with Crippen molar-refractivity contribution < 1.29 is 4.74 Å². The van der Waals surface area contributed by atoms with Gasteiger partial charge in [0.2, 0.25) is 5.88 Å². The van der Waals surface area contributed by atoms with E-state index in [0.29, 0.717) is 11.6 Å². The zero-order chi connectivity index (χ0) is 21.2. The van der Waals surface area contributed by atoms with Crippen LogP contribution in [0, 0.1) is 0 Å². The first-order chi connectivity index (χ1) is 15.2. The number of imidazole rings is 1. The van der Waals surface area contributed by atoms with Crippen molar-refractivity contribution in [2.75, 3.05) is 0 Å². The van der Waals surface area contributed by atoms with E-state index < -0.39 is 0 Å². The number of hydrogen-bond donors (Lipinski definition) is 0. The van der Waals surface area contributed by atoms with Gasteiger partial charge >= 0.3 is 5.69 Å². The Kier molecular flexibility index (Phi) is 4.84. The van der Waals surface area contributed by atoms with Crippen molar-refractivity contribution in [1.82, 2.24) is 14.1 Å². The van der Waals surface area contributed by atoms with Gasteiger partial charge in [0.1, 0.15) is 0 Å². The lowest BCUT2D eigenvalue weighted by molar-refractivity contribution is 0.237. The van der Waals surface area contributed by atoms with Crippen molar-refractivity contribution in [3.63, 3.8) is 0 Å². The Balaban J connectivity index is 1.50. The van der Waals surface area contributed by atoms with Gasteiger partial charge in [-0.15, -0.1) is 0 Å². The molecule has 0 atom stereocenters. The van der Waals surface area contributed by atoms with Crippen molar-refractivity contribution in [3.8, 4) is 11.6 Å². The van der Waals surface area contributed by atoms with Crippen LogP contribution in [0.25, 0.3) is 16.7 Å². The maximum absolute atomic E-state index is 12.8. The van der Waals surface area contributed by atoms with Crippen LogP contribution in [0.1, 0.15) is 17.2 Å². The SMILES string of the molecule is Cn1c(=O)n(-c2ccc(OC(c3ccccc3)c3ccccc3)nc2)c2ccccc21. The first-order valence-electron chi connectivity index (χ1n) is 10.1. The van der Waals surface area contributed by atoms with E-state index in [1.54, 1.807) is 22.4 Å². The first-order valence-corrected chi connectivity index (χ1v) is 10.1. The molecule has 0 fully saturated rings. The molecule has 0 spiro atoms. The lowest BCUT2D eigenvalue weighted by atomic mass is 10.0. The summed E-state index contributed by atoms with van der Waals surface area (Å²) in [5.41, 5.74) is 4.40. The van der Waals surface area contributed by atoms with Crippen LogP contribution in [0.4, 0.5) is 0 Å². The number of ether oxygens (including phenoxy) is 1. The van der Waals surface area contributed by atoms with E-state index in [9.17, 15) is 4.79 Å². The molecule has 2 aromatic heterocycles. The Morgan fingerprint density at radius 2 is 1.32 bits per heavy atom. The molecule has 5 rings (SSSR count). The Morgan fingerprint density at radius 3 is 1.90 bits per heavy atom. The number of para-hydroxylation sites is 2. The zero-order valence-corrected chi connectivity index (χ0v) is 17.1. The summed E-state index contributed by atoms with van der Waals surface area (Å²) >= 11 is 0. The lowest BCUT2D eigenvalue weighted by Gasteiger charge is -2.19. The summed E-state index contributed by atoms with van der Waals surface area (Å²) in [4.78, 5) is 17.3. The molecule has 2 heterocycles. The van der Waals surface area contributed by atoms with Crippen molar-refractivity contribution in [2.24, 2.45) is 7.05 Å². The van der Waals surface area contributed by atoms with E-state index >= 15 is 0 Å². The van der Waals surface area contributed by atoms with Crippen LogP contribution in [-0.2, 0) is 7.05 Å². The van der Waals surface area contributed by atoms with E-state index in [4.69, 9.17) is 4.74 Å². The summed E-state index contributed by atoms with van der Waals surface area (Å²) in [7, 11) is 1.77.